The van der Waals surface area contributed by atoms with Gasteiger partial charge in [0.2, 0.25) is 0 Å². The number of allylic oxidation sites excluding steroid dienone is 6. The molecule has 0 aromatic heterocycles. The predicted octanol–water partition coefficient (Wildman–Crippen LogP) is 15.7. The summed E-state index contributed by atoms with van der Waals surface area (Å²) in [5.74, 6) is 1.13. The van der Waals surface area contributed by atoms with Crippen LogP contribution in [0.4, 0.5) is 22.7 Å². The maximum absolute atomic E-state index is 2.75. The summed E-state index contributed by atoms with van der Waals surface area (Å²) in [5.41, 5.74) is 23.6. The number of anilines is 4. The van der Waals surface area contributed by atoms with E-state index in [-0.39, 0.29) is 17.5 Å². The summed E-state index contributed by atoms with van der Waals surface area (Å²) in [7, 11) is 0. The van der Waals surface area contributed by atoms with Crippen LogP contribution in [0.15, 0.2) is 155 Å². The first-order valence-corrected chi connectivity index (χ1v) is 23.7. The molecule has 0 saturated carbocycles. The Morgan fingerprint density at radius 1 is 0.590 bits per heavy atom. The molecule has 61 heavy (non-hydrogen) atoms. The highest BCUT2D eigenvalue weighted by Gasteiger charge is 2.57. The van der Waals surface area contributed by atoms with Gasteiger partial charge in [-0.15, -0.1) is 0 Å². The van der Waals surface area contributed by atoms with E-state index in [4.69, 9.17) is 0 Å². The van der Waals surface area contributed by atoms with Crippen molar-refractivity contribution in [2.24, 2.45) is 5.41 Å². The molecule has 2 aliphatic heterocycles. The summed E-state index contributed by atoms with van der Waals surface area (Å²) in [6.45, 7) is 19.4. The van der Waals surface area contributed by atoms with Gasteiger partial charge in [-0.05, 0) is 142 Å². The minimum absolute atomic E-state index is 0.117. The third-order valence-corrected chi connectivity index (χ3v) is 15.3. The molecule has 0 N–H and O–H groups in total. The summed E-state index contributed by atoms with van der Waals surface area (Å²) >= 11 is 0. The number of rotatable bonds is 11. The topological polar surface area (TPSA) is 6.48 Å². The Morgan fingerprint density at radius 2 is 1.23 bits per heavy atom. The number of nitrogens with zero attached hydrogens (tertiary/aromatic N) is 2. The molecule has 0 fully saturated rings. The van der Waals surface area contributed by atoms with Crippen LogP contribution in [-0.2, 0) is 5.41 Å². The molecule has 0 amide bonds. The highest BCUT2D eigenvalue weighted by atomic mass is 15.2. The van der Waals surface area contributed by atoms with Gasteiger partial charge < -0.3 is 9.80 Å². The van der Waals surface area contributed by atoms with E-state index in [0.717, 1.165) is 19.3 Å². The van der Waals surface area contributed by atoms with Gasteiger partial charge in [0.1, 0.15) is 0 Å². The molecule has 308 valence electrons. The number of benzene rings is 5. The highest BCUT2D eigenvalue weighted by molar-refractivity contribution is 6.99. The van der Waals surface area contributed by atoms with Crippen molar-refractivity contribution >= 4 is 40.4 Å². The van der Waals surface area contributed by atoms with Gasteiger partial charge in [-0.3, -0.25) is 0 Å². The van der Waals surface area contributed by atoms with Crippen molar-refractivity contribution in [2.45, 2.75) is 124 Å². The molecule has 2 unspecified atom stereocenters. The third-order valence-electron chi connectivity index (χ3n) is 15.3. The second kappa shape index (κ2) is 15.3. The largest absolute Gasteiger partial charge is 0.314 e. The number of hydrogen-bond acceptors (Lipinski definition) is 2. The second-order valence-corrected chi connectivity index (χ2v) is 19.5. The Balaban J connectivity index is 1.29. The van der Waals surface area contributed by atoms with Crippen LogP contribution in [0.1, 0.15) is 141 Å². The molecule has 3 aliphatic carbocycles. The zero-order chi connectivity index (χ0) is 42.2. The summed E-state index contributed by atoms with van der Waals surface area (Å²) in [5, 5.41) is 0. The Kier molecular flexibility index (Phi) is 9.97. The number of fused-ring (bicyclic) bond motifs is 5. The van der Waals surface area contributed by atoms with Gasteiger partial charge >= 0.3 is 0 Å². The Labute approximate surface area is 366 Å². The van der Waals surface area contributed by atoms with E-state index < -0.39 is 0 Å². The number of hydrogen-bond donors (Lipinski definition) is 0. The molecule has 2 nitrogen and oxygen atoms in total. The first kappa shape index (κ1) is 39.8. The molecule has 3 heteroatoms. The van der Waals surface area contributed by atoms with Crippen LogP contribution < -0.4 is 15.3 Å². The first-order valence-electron chi connectivity index (χ1n) is 23.7. The van der Waals surface area contributed by atoms with E-state index in [1.54, 1.807) is 11.0 Å². The van der Waals surface area contributed by atoms with E-state index in [1.165, 1.54) is 116 Å². The molecule has 0 radical (unpaired) electrons. The summed E-state index contributed by atoms with van der Waals surface area (Å²) in [6, 6.07) is 45.1. The van der Waals surface area contributed by atoms with Crippen LogP contribution in [0.3, 0.4) is 0 Å². The van der Waals surface area contributed by atoms with E-state index in [9.17, 15) is 0 Å². The molecule has 0 spiro atoms. The fourth-order valence-electron chi connectivity index (χ4n) is 12.5. The lowest BCUT2D eigenvalue weighted by Gasteiger charge is -2.48. The SMILES string of the molecule is CCCC(CC)c1ccc(N2C3=C(B4C5=C(N(c6ccc(C(CC)CCC)cc6-c6ccccc6)c6cccc2c64)C(C)(C)C2=C5CCC=C2)c2ccccc2C3(C)C)cc1. The maximum Gasteiger partial charge on any atom is 0.252 e. The zero-order valence-electron chi connectivity index (χ0n) is 37.9. The molecule has 2 atom stereocenters. The van der Waals surface area contributed by atoms with E-state index >= 15 is 0 Å². The van der Waals surface area contributed by atoms with Gasteiger partial charge in [0.15, 0.2) is 0 Å². The van der Waals surface area contributed by atoms with Crippen LogP contribution in [0.25, 0.3) is 16.6 Å². The molecule has 0 bridgehead atoms. The molecular weight excluding hydrogens is 735 g/mol. The standard InChI is InChI=1S/C58H63BN2/c1-9-21-38(11-3)40-31-34-43(35-32-40)60-50-29-20-30-51-54(50)59(52-44-25-16-18-27-47(44)57(5,6)55(52)60)53-45-26-17-19-28-48(45)58(7,8)56(53)61(51)49-36-33-42(39(12-4)22-10-2)37-46(49)41-23-14-13-15-24-41/h13-16,18-20,23-25,27-39H,9-12,17,21-22,26H2,1-8H3. The Bertz CT molecular complexity index is 2650. The minimum Gasteiger partial charge on any atom is -0.314 e. The summed E-state index contributed by atoms with van der Waals surface area (Å²) < 4.78 is 0. The molecule has 5 aromatic rings. The highest BCUT2D eigenvalue weighted by Crippen LogP contribution is 2.63. The van der Waals surface area contributed by atoms with Crippen molar-refractivity contribution in [3.05, 3.63) is 178 Å². The minimum atomic E-state index is -0.203. The van der Waals surface area contributed by atoms with Crippen LogP contribution in [0.5, 0.6) is 0 Å². The van der Waals surface area contributed by atoms with Crippen molar-refractivity contribution in [3.8, 4) is 11.1 Å². The molecule has 5 aliphatic rings. The molecule has 2 heterocycles. The lowest BCUT2D eigenvalue weighted by Crippen LogP contribution is -2.51. The van der Waals surface area contributed by atoms with Crippen LogP contribution in [0, 0.1) is 5.41 Å². The molecule has 5 aromatic carbocycles. The summed E-state index contributed by atoms with van der Waals surface area (Å²) in [6.07, 6.45) is 14.2. The fraction of sp³-hybridized carbons (Fsp3) is 0.345. The van der Waals surface area contributed by atoms with Gasteiger partial charge in [-0.1, -0.05) is 159 Å². The van der Waals surface area contributed by atoms with Crippen molar-refractivity contribution in [1.29, 1.82) is 0 Å². The van der Waals surface area contributed by atoms with E-state index in [1.807, 2.05) is 0 Å². The first-order chi connectivity index (χ1) is 29.6. The van der Waals surface area contributed by atoms with Gasteiger partial charge in [-0.25, -0.2) is 0 Å². The van der Waals surface area contributed by atoms with Crippen molar-refractivity contribution < 1.29 is 0 Å². The Hall–Kier alpha value is -5.28. The summed E-state index contributed by atoms with van der Waals surface area (Å²) in [4.78, 5) is 5.44. The quantitative estimate of drug-likeness (QED) is 0.123. The van der Waals surface area contributed by atoms with Gasteiger partial charge in [0.05, 0.1) is 5.69 Å². The van der Waals surface area contributed by atoms with Gasteiger partial charge in [0.25, 0.3) is 6.71 Å². The monoisotopic (exact) mass is 799 g/mol. The van der Waals surface area contributed by atoms with Gasteiger partial charge in [-0.2, -0.15) is 0 Å². The fourth-order valence-corrected chi connectivity index (χ4v) is 12.5. The van der Waals surface area contributed by atoms with Crippen LogP contribution in [0.2, 0.25) is 0 Å². The lowest BCUT2D eigenvalue weighted by molar-refractivity contribution is 0.547. The van der Waals surface area contributed by atoms with Crippen molar-refractivity contribution in [1.82, 2.24) is 0 Å². The maximum atomic E-state index is 2.75. The molecule has 10 rings (SSSR count). The van der Waals surface area contributed by atoms with Crippen LogP contribution in [-0.4, -0.2) is 6.71 Å². The third kappa shape index (κ3) is 5.96. The molecule has 0 saturated heterocycles. The smallest absolute Gasteiger partial charge is 0.252 e. The van der Waals surface area contributed by atoms with E-state index in [0.29, 0.717) is 11.8 Å². The normalized spacial score (nSPS) is 18.9. The van der Waals surface area contributed by atoms with Crippen molar-refractivity contribution in [3.63, 3.8) is 0 Å². The Morgan fingerprint density at radius 3 is 1.93 bits per heavy atom. The van der Waals surface area contributed by atoms with Crippen LogP contribution >= 0.6 is 0 Å². The van der Waals surface area contributed by atoms with Gasteiger partial charge in [0, 0.05) is 44.8 Å². The average molecular weight is 799 g/mol. The predicted molar refractivity (Wildman–Crippen MR) is 263 cm³/mol. The van der Waals surface area contributed by atoms with E-state index in [2.05, 4.69) is 193 Å². The second-order valence-electron chi connectivity index (χ2n) is 19.5. The average Bonchev–Trinajstić information content (AvgIpc) is 3.67. The van der Waals surface area contributed by atoms with Crippen molar-refractivity contribution in [2.75, 3.05) is 9.80 Å². The lowest BCUT2D eigenvalue weighted by atomic mass is 9.31. The zero-order valence-corrected chi connectivity index (χ0v) is 37.9. The molecular formula is C58H63BN2.